The molecule has 10 heteroatoms. The van der Waals surface area contributed by atoms with Gasteiger partial charge in [-0.25, -0.2) is 6.57 Å². The number of likely N-dealkylation sites (N-methyl/N-ethyl adjacent to an activating group) is 2. The van der Waals surface area contributed by atoms with Gasteiger partial charge in [-0.3, -0.25) is 9.69 Å². The van der Waals surface area contributed by atoms with Crippen molar-refractivity contribution in [2.75, 3.05) is 82.9 Å². The summed E-state index contributed by atoms with van der Waals surface area (Å²) in [6.07, 6.45) is 2.14. The molecule has 0 radical (unpaired) electrons. The van der Waals surface area contributed by atoms with E-state index in [2.05, 4.69) is 88.4 Å². The monoisotopic (exact) mass is 594 g/mol. The lowest BCUT2D eigenvalue weighted by Crippen LogP contribution is -2.57. The topological polar surface area (TPSA) is 72.6 Å². The van der Waals surface area contributed by atoms with Crippen molar-refractivity contribution in [2.45, 2.75) is 32.0 Å². The van der Waals surface area contributed by atoms with Crippen LogP contribution in [0.3, 0.4) is 0 Å². The van der Waals surface area contributed by atoms with Crippen molar-refractivity contribution in [3.63, 3.8) is 0 Å². The van der Waals surface area contributed by atoms with Gasteiger partial charge in [-0.2, -0.15) is 9.97 Å². The minimum Gasteiger partial charge on any atom is -0.462 e. The van der Waals surface area contributed by atoms with Crippen molar-refractivity contribution < 1.29 is 9.53 Å². The Morgan fingerprint density at radius 1 is 1.14 bits per heavy atom. The minimum atomic E-state index is -0.227. The molecule has 0 saturated carbocycles. The third kappa shape index (κ3) is 5.94. The van der Waals surface area contributed by atoms with Crippen molar-refractivity contribution in [3.05, 3.63) is 77.3 Å². The third-order valence-electron chi connectivity index (χ3n) is 9.34. The SMILES string of the molecule is [C-]#[N+]C[C@H]1CN(c2nc(OCCN(C)C3CN(C)C3)nc3c2CCN(c2cccc4cccc(C)c24)C3)CCN1C(=O)C=C. The molecule has 0 aliphatic carbocycles. The third-order valence-corrected chi connectivity index (χ3v) is 9.34. The summed E-state index contributed by atoms with van der Waals surface area (Å²) in [6, 6.07) is 13.7. The summed E-state index contributed by atoms with van der Waals surface area (Å²) in [4.78, 5) is 37.3. The Kier molecular flexibility index (Phi) is 8.69. The van der Waals surface area contributed by atoms with E-state index in [1.54, 1.807) is 4.90 Å². The van der Waals surface area contributed by atoms with Crippen LogP contribution in [0.1, 0.15) is 16.8 Å². The summed E-state index contributed by atoms with van der Waals surface area (Å²) in [5.41, 5.74) is 4.58. The summed E-state index contributed by atoms with van der Waals surface area (Å²) >= 11 is 0. The number of likely N-dealkylation sites (tertiary alicyclic amines) is 1. The second-order valence-corrected chi connectivity index (χ2v) is 12.3. The number of aromatic nitrogens is 2. The first-order chi connectivity index (χ1) is 21.4. The molecule has 1 atom stereocenters. The van der Waals surface area contributed by atoms with Crippen LogP contribution < -0.4 is 14.5 Å². The molecule has 4 heterocycles. The number of carbonyl (C=O) groups is 1. The lowest BCUT2D eigenvalue weighted by atomic mass is 9.99. The molecule has 2 saturated heterocycles. The maximum Gasteiger partial charge on any atom is 0.318 e. The predicted molar refractivity (Wildman–Crippen MR) is 174 cm³/mol. The number of piperazine rings is 1. The highest BCUT2D eigenvalue weighted by atomic mass is 16.5. The molecule has 10 nitrogen and oxygen atoms in total. The highest BCUT2D eigenvalue weighted by molar-refractivity contribution is 5.97. The number of carbonyl (C=O) groups excluding carboxylic acids is 1. The number of amides is 1. The van der Waals surface area contributed by atoms with Gasteiger partial charge in [0.05, 0.1) is 12.2 Å². The molecule has 1 aromatic heterocycles. The number of benzene rings is 2. The highest BCUT2D eigenvalue weighted by Gasteiger charge is 2.35. The van der Waals surface area contributed by atoms with Gasteiger partial charge in [-0.05, 0) is 50.5 Å². The zero-order valence-electron chi connectivity index (χ0n) is 26.1. The van der Waals surface area contributed by atoms with Crippen LogP contribution in [-0.4, -0.2) is 116 Å². The Morgan fingerprint density at radius 3 is 2.68 bits per heavy atom. The molecule has 3 aromatic rings. The molecule has 0 unspecified atom stereocenters. The van der Waals surface area contributed by atoms with Crippen LogP contribution in [0.25, 0.3) is 15.6 Å². The van der Waals surface area contributed by atoms with Crippen LogP contribution in [0, 0.1) is 13.5 Å². The Balaban J connectivity index is 1.29. The van der Waals surface area contributed by atoms with Crippen molar-refractivity contribution >= 4 is 28.2 Å². The molecule has 3 aliphatic heterocycles. The first-order valence-corrected chi connectivity index (χ1v) is 15.5. The number of anilines is 2. The van der Waals surface area contributed by atoms with E-state index in [1.165, 1.54) is 28.1 Å². The van der Waals surface area contributed by atoms with Gasteiger partial charge in [0.2, 0.25) is 12.5 Å². The van der Waals surface area contributed by atoms with Crippen LogP contribution in [-0.2, 0) is 17.8 Å². The van der Waals surface area contributed by atoms with Gasteiger partial charge in [-0.1, -0.05) is 36.9 Å². The second-order valence-electron chi connectivity index (χ2n) is 12.3. The van der Waals surface area contributed by atoms with Crippen LogP contribution in [0.2, 0.25) is 0 Å². The largest absolute Gasteiger partial charge is 0.462 e. The molecular formula is C34H42N8O2. The molecule has 0 bridgehead atoms. The van der Waals surface area contributed by atoms with Crippen LogP contribution in [0.15, 0.2) is 49.1 Å². The first kappa shape index (κ1) is 29.9. The smallest absolute Gasteiger partial charge is 0.318 e. The second kappa shape index (κ2) is 12.8. The molecule has 0 spiro atoms. The Labute approximate surface area is 260 Å². The summed E-state index contributed by atoms with van der Waals surface area (Å²) in [5, 5.41) is 2.51. The molecule has 3 aliphatic rings. The fourth-order valence-electron chi connectivity index (χ4n) is 6.81. The average molecular weight is 595 g/mol. The van der Waals surface area contributed by atoms with Gasteiger partial charge in [0, 0.05) is 68.5 Å². The van der Waals surface area contributed by atoms with E-state index in [-0.39, 0.29) is 18.5 Å². The normalized spacial score (nSPS) is 19.1. The molecule has 0 N–H and O–H groups in total. The number of fused-ring (bicyclic) bond motifs is 2. The fraction of sp³-hybridized carbons (Fsp3) is 0.471. The van der Waals surface area contributed by atoms with E-state index in [0.29, 0.717) is 44.8 Å². The van der Waals surface area contributed by atoms with Crippen molar-refractivity contribution in [3.8, 4) is 6.01 Å². The van der Waals surface area contributed by atoms with Gasteiger partial charge in [0.15, 0.2) is 0 Å². The maximum atomic E-state index is 12.6. The van der Waals surface area contributed by atoms with Crippen molar-refractivity contribution in [2.24, 2.45) is 0 Å². The van der Waals surface area contributed by atoms with Crippen molar-refractivity contribution in [1.82, 2.24) is 24.7 Å². The van der Waals surface area contributed by atoms with E-state index in [9.17, 15) is 4.79 Å². The van der Waals surface area contributed by atoms with Gasteiger partial charge in [0.1, 0.15) is 18.5 Å². The highest BCUT2D eigenvalue weighted by Crippen LogP contribution is 2.35. The standard InChI is InChI=1S/C34H42N8O2/c1-6-31(43)42-16-15-41(22-26(42)19-35-3)33-28-13-14-40(30-12-8-11-25-10-7-9-24(2)32(25)30)23-29(28)36-34(37-33)44-18-17-39(5)27-20-38(4)21-27/h6-12,26-27H,1,13-23H2,2,4-5H3/t26-/m0/s1. The number of hydrogen-bond acceptors (Lipinski definition) is 8. The van der Waals surface area contributed by atoms with E-state index in [0.717, 1.165) is 49.7 Å². The van der Waals surface area contributed by atoms with Crippen LogP contribution >= 0.6 is 0 Å². The van der Waals surface area contributed by atoms with Crippen molar-refractivity contribution in [1.29, 1.82) is 0 Å². The molecular weight excluding hydrogens is 552 g/mol. The molecule has 2 fully saturated rings. The molecule has 2 aromatic carbocycles. The lowest BCUT2D eigenvalue weighted by molar-refractivity contribution is -0.128. The van der Waals surface area contributed by atoms with E-state index in [4.69, 9.17) is 21.3 Å². The molecule has 6 rings (SSSR count). The maximum absolute atomic E-state index is 12.6. The number of hydrogen-bond donors (Lipinski definition) is 0. The zero-order valence-corrected chi connectivity index (χ0v) is 26.1. The Hall–Kier alpha value is -4.20. The summed E-state index contributed by atoms with van der Waals surface area (Å²) < 4.78 is 6.25. The van der Waals surface area contributed by atoms with Gasteiger partial charge < -0.3 is 29.2 Å². The Bertz CT molecular complexity index is 1570. The van der Waals surface area contributed by atoms with Crippen LogP contribution in [0.5, 0.6) is 6.01 Å². The summed E-state index contributed by atoms with van der Waals surface area (Å²) in [7, 11) is 4.29. The summed E-state index contributed by atoms with van der Waals surface area (Å²) in [5.74, 6) is 0.739. The Morgan fingerprint density at radius 2 is 1.93 bits per heavy atom. The number of aryl methyl sites for hydroxylation is 1. The zero-order chi connectivity index (χ0) is 30.8. The quantitative estimate of drug-likeness (QED) is 0.276. The average Bonchev–Trinajstić information content (AvgIpc) is 3.02. The van der Waals surface area contributed by atoms with Crippen LogP contribution in [0.4, 0.5) is 11.5 Å². The predicted octanol–water partition coefficient (Wildman–Crippen LogP) is 3.25. The first-order valence-electron chi connectivity index (χ1n) is 15.5. The number of ether oxygens (including phenoxy) is 1. The number of nitrogens with zero attached hydrogens (tertiary/aromatic N) is 8. The minimum absolute atomic E-state index is 0.130. The number of rotatable bonds is 9. The molecule has 1 amide bonds. The van der Waals surface area contributed by atoms with E-state index >= 15 is 0 Å². The summed E-state index contributed by atoms with van der Waals surface area (Å²) in [6.45, 7) is 20.2. The molecule has 230 valence electrons. The van der Waals surface area contributed by atoms with E-state index < -0.39 is 0 Å². The van der Waals surface area contributed by atoms with E-state index in [1.807, 2.05) is 0 Å². The lowest BCUT2D eigenvalue weighted by Gasteiger charge is -2.42. The van der Waals surface area contributed by atoms with Gasteiger partial charge in [0.25, 0.3) is 0 Å². The van der Waals surface area contributed by atoms with Gasteiger partial charge >= 0.3 is 6.01 Å². The molecule has 44 heavy (non-hydrogen) atoms. The van der Waals surface area contributed by atoms with Gasteiger partial charge in [-0.15, -0.1) is 0 Å². The fourth-order valence-corrected chi connectivity index (χ4v) is 6.81.